The maximum absolute atomic E-state index is 11.7. The summed E-state index contributed by atoms with van der Waals surface area (Å²) in [6, 6.07) is -0.447. The number of hydrogen-bond donors (Lipinski definition) is 3. The maximum Gasteiger partial charge on any atom is 0.222 e. The summed E-state index contributed by atoms with van der Waals surface area (Å²) < 4.78 is 0. The van der Waals surface area contributed by atoms with Crippen LogP contribution in [0.15, 0.2) is 12.5 Å². The molecule has 0 saturated heterocycles. The Balaban J connectivity index is 2.32. The molecule has 0 fully saturated rings. The highest BCUT2D eigenvalue weighted by Gasteiger charge is 2.16. The van der Waals surface area contributed by atoms with E-state index in [-0.39, 0.29) is 30.4 Å². The standard InChI is InChI=1S/C13H20N4O3/c1-9(18)5-12(17-10(2)19)6-13(20)15-4-3-11-7-14-8-16-11/h7-8,12H,3-6H2,1-2H3,(H,14,16)(H,15,20)(H,17,19). The molecule has 20 heavy (non-hydrogen) atoms. The first kappa shape index (κ1) is 15.9. The van der Waals surface area contributed by atoms with Gasteiger partial charge in [0.1, 0.15) is 5.78 Å². The zero-order valence-electron chi connectivity index (χ0n) is 11.7. The first-order valence-corrected chi connectivity index (χ1v) is 6.48. The lowest BCUT2D eigenvalue weighted by molar-refractivity contribution is -0.123. The molecule has 0 spiro atoms. The summed E-state index contributed by atoms with van der Waals surface area (Å²) in [5.74, 6) is -0.500. The van der Waals surface area contributed by atoms with Crippen molar-refractivity contribution in [1.29, 1.82) is 0 Å². The number of ketones is 1. The second kappa shape index (κ2) is 8.08. The van der Waals surface area contributed by atoms with E-state index in [1.54, 1.807) is 12.5 Å². The molecule has 3 N–H and O–H groups in total. The number of nitrogens with zero attached hydrogens (tertiary/aromatic N) is 1. The van der Waals surface area contributed by atoms with Gasteiger partial charge in [-0.1, -0.05) is 0 Å². The number of rotatable bonds is 8. The summed E-state index contributed by atoms with van der Waals surface area (Å²) >= 11 is 0. The maximum atomic E-state index is 11.7. The SMILES string of the molecule is CC(=O)CC(CC(=O)NCCc1cnc[nH]1)NC(C)=O. The van der Waals surface area contributed by atoms with Crippen molar-refractivity contribution in [2.24, 2.45) is 0 Å². The smallest absolute Gasteiger partial charge is 0.222 e. The molecule has 0 radical (unpaired) electrons. The molecule has 0 bridgehead atoms. The highest BCUT2D eigenvalue weighted by molar-refractivity contribution is 5.82. The summed E-state index contributed by atoms with van der Waals surface area (Å²) in [6.45, 7) is 3.28. The van der Waals surface area contributed by atoms with Gasteiger partial charge in [0.25, 0.3) is 0 Å². The van der Waals surface area contributed by atoms with Crippen LogP contribution in [0, 0.1) is 0 Å². The van der Waals surface area contributed by atoms with Gasteiger partial charge in [-0.05, 0) is 6.92 Å². The molecule has 1 rings (SSSR count). The Morgan fingerprint density at radius 3 is 2.60 bits per heavy atom. The van der Waals surface area contributed by atoms with Gasteiger partial charge < -0.3 is 15.6 Å². The Labute approximate surface area is 117 Å². The molecule has 0 aliphatic carbocycles. The lowest BCUT2D eigenvalue weighted by Crippen LogP contribution is -2.39. The van der Waals surface area contributed by atoms with Gasteiger partial charge in [-0.2, -0.15) is 0 Å². The Kier molecular flexibility index (Phi) is 6.42. The van der Waals surface area contributed by atoms with Crippen LogP contribution in [0.4, 0.5) is 0 Å². The van der Waals surface area contributed by atoms with Crippen molar-refractivity contribution >= 4 is 17.6 Å². The molecular formula is C13H20N4O3. The minimum absolute atomic E-state index is 0.0611. The molecule has 1 aromatic rings. The van der Waals surface area contributed by atoms with Gasteiger partial charge in [-0.25, -0.2) is 4.98 Å². The first-order valence-electron chi connectivity index (χ1n) is 6.48. The van der Waals surface area contributed by atoms with E-state index < -0.39 is 6.04 Å². The van der Waals surface area contributed by atoms with Crippen LogP contribution >= 0.6 is 0 Å². The van der Waals surface area contributed by atoms with E-state index in [9.17, 15) is 14.4 Å². The van der Waals surface area contributed by atoms with Gasteiger partial charge in [-0.15, -0.1) is 0 Å². The van der Waals surface area contributed by atoms with Gasteiger partial charge in [-0.3, -0.25) is 14.4 Å². The van der Waals surface area contributed by atoms with E-state index >= 15 is 0 Å². The zero-order valence-corrected chi connectivity index (χ0v) is 11.7. The van der Waals surface area contributed by atoms with Gasteiger partial charge in [0, 0.05) is 50.7 Å². The van der Waals surface area contributed by atoms with E-state index in [0.29, 0.717) is 13.0 Å². The van der Waals surface area contributed by atoms with Crippen LogP contribution in [-0.4, -0.2) is 40.2 Å². The molecule has 2 amide bonds. The van der Waals surface area contributed by atoms with Crippen LogP contribution in [-0.2, 0) is 20.8 Å². The minimum Gasteiger partial charge on any atom is -0.356 e. The fourth-order valence-corrected chi connectivity index (χ4v) is 1.86. The highest BCUT2D eigenvalue weighted by atomic mass is 16.2. The van der Waals surface area contributed by atoms with E-state index in [1.165, 1.54) is 13.8 Å². The second-order valence-corrected chi connectivity index (χ2v) is 4.68. The molecule has 0 saturated carbocycles. The lowest BCUT2D eigenvalue weighted by atomic mass is 10.1. The van der Waals surface area contributed by atoms with Crippen LogP contribution in [0.5, 0.6) is 0 Å². The van der Waals surface area contributed by atoms with Gasteiger partial charge in [0.05, 0.1) is 6.33 Å². The Hall–Kier alpha value is -2.18. The molecule has 0 aliphatic heterocycles. The van der Waals surface area contributed by atoms with E-state index in [4.69, 9.17) is 0 Å². The largest absolute Gasteiger partial charge is 0.356 e. The topological polar surface area (TPSA) is 104 Å². The van der Waals surface area contributed by atoms with E-state index in [0.717, 1.165) is 5.69 Å². The summed E-state index contributed by atoms with van der Waals surface area (Å²) in [5.41, 5.74) is 0.937. The van der Waals surface area contributed by atoms with Crippen LogP contribution in [0.1, 0.15) is 32.4 Å². The number of amides is 2. The molecule has 0 aliphatic rings. The van der Waals surface area contributed by atoms with Gasteiger partial charge in [0.2, 0.25) is 11.8 Å². The quantitative estimate of drug-likeness (QED) is 0.620. The van der Waals surface area contributed by atoms with Crippen molar-refractivity contribution in [2.45, 2.75) is 39.2 Å². The first-order chi connectivity index (χ1) is 9.47. The molecule has 1 unspecified atom stereocenters. The lowest BCUT2D eigenvalue weighted by Gasteiger charge is -2.16. The fraction of sp³-hybridized carbons (Fsp3) is 0.538. The average Bonchev–Trinajstić information content (AvgIpc) is 2.79. The summed E-state index contributed by atoms with van der Waals surface area (Å²) in [6.07, 6.45) is 4.19. The molecule has 1 atom stereocenters. The third kappa shape index (κ3) is 6.67. The minimum atomic E-state index is -0.447. The molecule has 1 aromatic heterocycles. The van der Waals surface area contributed by atoms with Gasteiger partial charge >= 0.3 is 0 Å². The van der Waals surface area contributed by atoms with Crippen molar-refractivity contribution in [2.75, 3.05) is 6.54 Å². The summed E-state index contributed by atoms with van der Waals surface area (Å²) in [7, 11) is 0. The average molecular weight is 280 g/mol. The molecule has 1 heterocycles. The normalized spacial score (nSPS) is 11.7. The molecular weight excluding hydrogens is 260 g/mol. The monoisotopic (exact) mass is 280 g/mol. The van der Waals surface area contributed by atoms with Crippen molar-refractivity contribution in [1.82, 2.24) is 20.6 Å². The van der Waals surface area contributed by atoms with Crippen molar-refractivity contribution in [3.05, 3.63) is 18.2 Å². The van der Waals surface area contributed by atoms with Crippen LogP contribution in [0.3, 0.4) is 0 Å². The number of H-pyrrole nitrogens is 1. The third-order valence-electron chi connectivity index (χ3n) is 2.64. The van der Waals surface area contributed by atoms with Crippen molar-refractivity contribution in [3.8, 4) is 0 Å². The number of carbonyl (C=O) groups is 3. The number of aromatic amines is 1. The van der Waals surface area contributed by atoms with Crippen LogP contribution < -0.4 is 10.6 Å². The Morgan fingerprint density at radius 2 is 2.05 bits per heavy atom. The number of nitrogens with one attached hydrogen (secondary N) is 3. The third-order valence-corrected chi connectivity index (χ3v) is 2.64. The van der Waals surface area contributed by atoms with Crippen LogP contribution in [0.25, 0.3) is 0 Å². The number of imidazole rings is 1. The van der Waals surface area contributed by atoms with E-state index in [1.807, 2.05) is 0 Å². The Bertz CT molecular complexity index is 440. The predicted octanol–water partition coefficient (Wildman–Crippen LogP) is -0.0577. The summed E-state index contributed by atoms with van der Waals surface area (Å²) in [5, 5.41) is 5.36. The second-order valence-electron chi connectivity index (χ2n) is 4.68. The zero-order chi connectivity index (χ0) is 15.0. The van der Waals surface area contributed by atoms with Crippen molar-refractivity contribution in [3.63, 3.8) is 0 Å². The summed E-state index contributed by atoms with van der Waals surface area (Å²) in [4.78, 5) is 40.7. The van der Waals surface area contributed by atoms with E-state index in [2.05, 4.69) is 20.6 Å². The molecule has 0 aromatic carbocycles. The van der Waals surface area contributed by atoms with Crippen molar-refractivity contribution < 1.29 is 14.4 Å². The number of aromatic nitrogens is 2. The molecule has 110 valence electrons. The fourth-order valence-electron chi connectivity index (χ4n) is 1.86. The number of hydrogen-bond acceptors (Lipinski definition) is 4. The number of carbonyl (C=O) groups excluding carboxylic acids is 3. The predicted molar refractivity (Wildman–Crippen MR) is 72.8 cm³/mol. The highest BCUT2D eigenvalue weighted by Crippen LogP contribution is 2.00. The Morgan fingerprint density at radius 1 is 1.30 bits per heavy atom. The molecule has 7 nitrogen and oxygen atoms in total. The molecule has 7 heteroatoms. The number of Topliss-reactive ketones (excluding diaryl/α,β-unsaturated/α-hetero) is 1. The van der Waals surface area contributed by atoms with Crippen LogP contribution in [0.2, 0.25) is 0 Å². The van der Waals surface area contributed by atoms with Gasteiger partial charge in [0.15, 0.2) is 0 Å².